The lowest BCUT2D eigenvalue weighted by Gasteiger charge is -2.36. The topological polar surface area (TPSA) is 155 Å². The molecule has 40 heavy (non-hydrogen) atoms. The predicted octanol–water partition coefficient (Wildman–Crippen LogP) is 3.49. The van der Waals surface area contributed by atoms with Crippen LogP contribution in [0.2, 0.25) is 0 Å². The molecule has 1 fully saturated rings. The summed E-state index contributed by atoms with van der Waals surface area (Å²) in [5, 5.41) is 10.9. The van der Waals surface area contributed by atoms with E-state index < -0.39 is 49.3 Å². The first-order chi connectivity index (χ1) is 18.5. The quantitative estimate of drug-likeness (QED) is 0.465. The molecule has 0 radical (unpaired) electrons. The van der Waals surface area contributed by atoms with Crippen LogP contribution in [-0.4, -0.2) is 59.1 Å². The number of carbonyl (C=O) groups excluding carboxylic acids is 1. The van der Waals surface area contributed by atoms with E-state index in [-0.39, 0.29) is 40.7 Å². The van der Waals surface area contributed by atoms with Crippen molar-refractivity contribution >= 4 is 37.5 Å². The number of halogens is 3. The zero-order valence-corrected chi connectivity index (χ0v) is 22.9. The molecule has 1 aliphatic carbocycles. The summed E-state index contributed by atoms with van der Waals surface area (Å²) < 4.78 is 105. The second-order valence-corrected chi connectivity index (χ2v) is 13.6. The summed E-state index contributed by atoms with van der Waals surface area (Å²) >= 11 is 0. The van der Waals surface area contributed by atoms with E-state index in [1.165, 1.54) is 36.4 Å². The van der Waals surface area contributed by atoms with Gasteiger partial charge in [-0.15, -0.1) is 0 Å². The van der Waals surface area contributed by atoms with Crippen molar-refractivity contribution in [1.29, 1.82) is 5.26 Å². The van der Waals surface area contributed by atoms with Crippen molar-refractivity contribution in [2.24, 2.45) is 0 Å². The molecule has 1 aliphatic heterocycles. The Morgan fingerprint density at radius 3 is 2.48 bits per heavy atom. The van der Waals surface area contributed by atoms with E-state index in [1.54, 1.807) is 0 Å². The number of nitrogens with one attached hydrogen (secondary N) is 2. The number of rotatable bonds is 8. The van der Waals surface area contributed by atoms with Gasteiger partial charge in [-0.05, 0) is 63.1 Å². The van der Waals surface area contributed by atoms with Gasteiger partial charge in [-0.2, -0.15) is 18.4 Å². The molecule has 1 heterocycles. The van der Waals surface area contributed by atoms with Gasteiger partial charge in [-0.1, -0.05) is 6.07 Å². The van der Waals surface area contributed by atoms with Gasteiger partial charge in [-0.3, -0.25) is 9.62 Å². The lowest BCUT2D eigenvalue weighted by molar-refractivity contribution is -0.242. The molecule has 11 nitrogen and oxygen atoms in total. The third kappa shape index (κ3) is 6.26. The zero-order valence-electron chi connectivity index (χ0n) is 21.2. The van der Waals surface area contributed by atoms with Crippen LogP contribution >= 0.6 is 0 Å². The highest BCUT2D eigenvalue weighted by molar-refractivity contribution is 7.92. The van der Waals surface area contributed by atoms with Crippen molar-refractivity contribution in [1.82, 2.24) is 4.72 Å². The highest BCUT2D eigenvalue weighted by Gasteiger charge is 2.51. The Labute approximate surface area is 229 Å². The van der Waals surface area contributed by atoms with Crippen LogP contribution in [0.5, 0.6) is 5.75 Å². The smallest absolute Gasteiger partial charge is 0.427 e. The summed E-state index contributed by atoms with van der Waals surface area (Å²) in [7, 11) is -7.96. The molecule has 2 aliphatic rings. The number of amides is 1. The Kier molecular flexibility index (Phi) is 7.69. The van der Waals surface area contributed by atoms with Crippen molar-refractivity contribution in [3.63, 3.8) is 0 Å². The summed E-state index contributed by atoms with van der Waals surface area (Å²) in [6, 6.07) is 10.8. The minimum atomic E-state index is -4.84. The third-order valence-corrected chi connectivity index (χ3v) is 9.89. The van der Waals surface area contributed by atoms with Crippen LogP contribution in [0.3, 0.4) is 0 Å². The predicted molar refractivity (Wildman–Crippen MR) is 137 cm³/mol. The van der Waals surface area contributed by atoms with Crippen LogP contribution in [0.15, 0.2) is 47.4 Å². The van der Waals surface area contributed by atoms with E-state index in [4.69, 9.17) is 4.74 Å². The minimum Gasteiger partial charge on any atom is -0.485 e. The van der Waals surface area contributed by atoms with Crippen molar-refractivity contribution in [2.75, 3.05) is 22.7 Å². The van der Waals surface area contributed by atoms with Crippen molar-refractivity contribution in [3.05, 3.63) is 48.0 Å². The van der Waals surface area contributed by atoms with Gasteiger partial charge in [0, 0.05) is 12.2 Å². The molecule has 1 amide bonds. The van der Waals surface area contributed by atoms with E-state index in [2.05, 4.69) is 14.8 Å². The van der Waals surface area contributed by atoms with Crippen LogP contribution in [0.1, 0.15) is 32.3 Å². The number of alkyl halides is 3. The molecule has 2 aromatic rings. The van der Waals surface area contributed by atoms with Crippen molar-refractivity contribution in [2.45, 2.75) is 54.7 Å². The fourth-order valence-corrected chi connectivity index (χ4v) is 6.67. The van der Waals surface area contributed by atoms with E-state index >= 15 is 0 Å². The largest absolute Gasteiger partial charge is 0.485 e. The molecule has 1 unspecified atom stereocenters. The molecule has 1 saturated carbocycles. The van der Waals surface area contributed by atoms with E-state index in [1.807, 2.05) is 6.07 Å². The first kappa shape index (κ1) is 29.4. The minimum absolute atomic E-state index is 0.0106. The van der Waals surface area contributed by atoms with Crippen LogP contribution < -0.4 is 19.1 Å². The molecule has 0 saturated heterocycles. The number of sulfonamides is 2. The number of anilines is 2. The third-order valence-electron chi connectivity index (χ3n) is 6.19. The molecule has 0 bridgehead atoms. The standard InChI is InChI=1S/C24H25F3N4O7S2/c1-23(2,24(25,26)27)38-22(32)30-16-6-9-21-20(11-16)31(40(35,36)19-5-3-4-15(10-19)12-28)14-17(37-21)13-29-39(33,34)18-7-8-18/h3-6,9-11,17-18,29H,7-8,13-14H2,1-2H3,(H,30,32). The van der Waals surface area contributed by atoms with Gasteiger partial charge in [0.05, 0.1) is 34.0 Å². The number of carbonyl (C=O) groups is 1. The highest BCUT2D eigenvalue weighted by atomic mass is 32.2. The van der Waals surface area contributed by atoms with Crippen LogP contribution in [-0.2, 0) is 24.8 Å². The van der Waals surface area contributed by atoms with E-state index in [0.29, 0.717) is 26.7 Å². The Morgan fingerprint density at radius 1 is 1.15 bits per heavy atom. The summed E-state index contributed by atoms with van der Waals surface area (Å²) in [6.07, 6.45) is -6.17. The summed E-state index contributed by atoms with van der Waals surface area (Å²) in [4.78, 5) is 12.0. The second kappa shape index (κ2) is 10.5. The first-order valence-corrected chi connectivity index (χ1v) is 14.9. The Bertz CT molecular complexity index is 1570. The lowest BCUT2D eigenvalue weighted by atomic mass is 10.1. The summed E-state index contributed by atoms with van der Waals surface area (Å²) in [5.41, 5.74) is -2.88. The monoisotopic (exact) mass is 602 g/mol. The second-order valence-electron chi connectivity index (χ2n) is 9.71. The molecule has 0 spiro atoms. The van der Waals surface area contributed by atoms with Gasteiger partial charge < -0.3 is 9.47 Å². The van der Waals surface area contributed by atoms with Crippen LogP contribution in [0.4, 0.5) is 29.3 Å². The van der Waals surface area contributed by atoms with Gasteiger partial charge in [0.15, 0.2) is 0 Å². The molecule has 16 heteroatoms. The molecule has 1 atom stereocenters. The Morgan fingerprint density at radius 2 is 1.85 bits per heavy atom. The highest BCUT2D eigenvalue weighted by Crippen LogP contribution is 2.40. The summed E-state index contributed by atoms with van der Waals surface area (Å²) in [6.45, 7) is 0.763. The zero-order chi connectivity index (χ0) is 29.5. The van der Waals surface area contributed by atoms with Crippen molar-refractivity contribution < 1.29 is 44.3 Å². The maximum absolute atomic E-state index is 13.7. The number of benzene rings is 2. The van der Waals surface area contributed by atoms with Gasteiger partial charge in [0.2, 0.25) is 15.6 Å². The first-order valence-electron chi connectivity index (χ1n) is 11.9. The molecule has 2 N–H and O–H groups in total. The van der Waals surface area contributed by atoms with E-state index in [0.717, 1.165) is 10.4 Å². The van der Waals surface area contributed by atoms with Crippen LogP contribution in [0.25, 0.3) is 0 Å². The van der Waals surface area contributed by atoms with Gasteiger partial charge >= 0.3 is 12.3 Å². The average Bonchev–Trinajstić information content (AvgIpc) is 3.72. The number of hydrogen-bond donors (Lipinski definition) is 2. The number of hydrogen-bond acceptors (Lipinski definition) is 8. The van der Waals surface area contributed by atoms with Gasteiger partial charge in [0.1, 0.15) is 11.9 Å². The normalized spacial score (nSPS) is 17.8. The van der Waals surface area contributed by atoms with Crippen molar-refractivity contribution in [3.8, 4) is 11.8 Å². The number of fused-ring (bicyclic) bond motifs is 1. The Balaban J connectivity index is 1.65. The molecular formula is C24H25F3N4O7S2. The summed E-state index contributed by atoms with van der Waals surface area (Å²) in [5.74, 6) is 0.0106. The molecule has 2 aromatic carbocycles. The number of nitrogens with zero attached hydrogens (tertiary/aromatic N) is 2. The maximum atomic E-state index is 13.7. The van der Waals surface area contributed by atoms with Gasteiger partial charge in [0.25, 0.3) is 10.0 Å². The molecular weight excluding hydrogens is 577 g/mol. The maximum Gasteiger partial charge on any atom is 0.427 e. The molecule has 216 valence electrons. The number of nitriles is 1. The molecule has 4 rings (SSSR count). The average molecular weight is 603 g/mol. The fraction of sp³-hybridized carbons (Fsp3) is 0.417. The van der Waals surface area contributed by atoms with E-state index in [9.17, 15) is 40.1 Å². The Hall–Kier alpha value is -3.55. The SMILES string of the molecule is CC(C)(OC(=O)Nc1ccc2c(c1)N(S(=O)(=O)c1cccc(C#N)c1)CC(CNS(=O)(=O)C1CC1)O2)C(F)(F)F. The van der Waals surface area contributed by atoms with Gasteiger partial charge in [-0.25, -0.2) is 26.4 Å². The lowest BCUT2D eigenvalue weighted by Crippen LogP contribution is -2.48. The fourth-order valence-electron chi connectivity index (χ4n) is 3.72. The number of ether oxygens (including phenoxy) is 2. The molecule has 0 aromatic heterocycles. The van der Waals surface area contributed by atoms with Crippen LogP contribution in [0, 0.1) is 11.3 Å².